The standard InChI is InChI=1S/C22H28ClN3O2/c1-3-24-22(27)21-12-18(25-13-16-7-6-9-19(11-16)28-2)15-26(21)14-17-8-4-5-10-20(17)23/h4-11,18,21,25H,3,12-15H2,1-2H3,(H,24,27)/t18-,21+/m1/s1. The third-order valence-corrected chi connectivity index (χ3v) is 5.49. The molecule has 1 amide bonds. The number of nitrogens with zero attached hydrogens (tertiary/aromatic N) is 1. The smallest absolute Gasteiger partial charge is 0.237 e. The van der Waals surface area contributed by atoms with E-state index in [4.69, 9.17) is 16.3 Å². The summed E-state index contributed by atoms with van der Waals surface area (Å²) >= 11 is 6.34. The first-order valence-electron chi connectivity index (χ1n) is 9.72. The number of carbonyl (C=O) groups is 1. The Labute approximate surface area is 172 Å². The van der Waals surface area contributed by atoms with Gasteiger partial charge in [-0.3, -0.25) is 9.69 Å². The molecule has 6 heteroatoms. The molecule has 0 radical (unpaired) electrons. The maximum absolute atomic E-state index is 12.6. The van der Waals surface area contributed by atoms with E-state index in [1.807, 2.05) is 49.4 Å². The van der Waals surface area contributed by atoms with Crippen LogP contribution in [0.25, 0.3) is 0 Å². The summed E-state index contributed by atoms with van der Waals surface area (Å²) in [5.74, 6) is 0.937. The zero-order valence-electron chi connectivity index (χ0n) is 16.5. The van der Waals surface area contributed by atoms with Crippen LogP contribution in [0.3, 0.4) is 0 Å². The monoisotopic (exact) mass is 401 g/mol. The van der Waals surface area contributed by atoms with Gasteiger partial charge in [0.05, 0.1) is 13.2 Å². The maximum Gasteiger partial charge on any atom is 0.237 e. The number of methoxy groups -OCH3 is 1. The second-order valence-corrected chi connectivity index (χ2v) is 7.50. The van der Waals surface area contributed by atoms with Crippen LogP contribution in [-0.2, 0) is 17.9 Å². The fourth-order valence-electron chi connectivity index (χ4n) is 3.68. The highest BCUT2D eigenvalue weighted by Gasteiger charge is 2.36. The van der Waals surface area contributed by atoms with Crippen molar-refractivity contribution in [3.63, 3.8) is 0 Å². The SMILES string of the molecule is CCNC(=O)[C@@H]1C[C@@H](NCc2cccc(OC)c2)CN1Cc1ccccc1Cl. The molecule has 0 spiro atoms. The largest absolute Gasteiger partial charge is 0.497 e. The molecule has 1 saturated heterocycles. The highest BCUT2D eigenvalue weighted by atomic mass is 35.5. The Morgan fingerprint density at radius 2 is 2.07 bits per heavy atom. The lowest BCUT2D eigenvalue weighted by Crippen LogP contribution is -2.42. The van der Waals surface area contributed by atoms with E-state index < -0.39 is 0 Å². The number of rotatable bonds is 8. The van der Waals surface area contributed by atoms with Gasteiger partial charge in [0.2, 0.25) is 5.91 Å². The average molecular weight is 402 g/mol. The molecule has 1 aliphatic heterocycles. The minimum atomic E-state index is -0.154. The van der Waals surface area contributed by atoms with Crippen LogP contribution < -0.4 is 15.4 Å². The first-order valence-corrected chi connectivity index (χ1v) is 10.1. The van der Waals surface area contributed by atoms with Crippen LogP contribution in [-0.4, -0.2) is 43.1 Å². The molecule has 5 nitrogen and oxygen atoms in total. The number of hydrogen-bond acceptors (Lipinski definition) is 4. The fraction of sp³-hybridized carbons (Fsp3) is 0.409. The molecule has 2 aromatic rings. The predicted octanol–water partition coefficient (Wildman–Crippen LogP) is 3.22. The third kappa shape index (κ3) is 5.25. The van der Waals surface area contributed by atoms with Crippen molar-refractivity contribution in [1.82, 2.24) is 15.5 Å². The van der Waals surface area contributed by atoms with Crippen molar-refractivity contribution in [1.29, 1.82) is 0 Å². The maximum atomic E-state index is 12.6. The normalized spacial score (nSPS) is 19.5. The molecule has 1 heterocycles. The van der Waals surface area contributed by atoms with Crippen LogP contribution in [0.2, 0.25) is 5.02 Å². The van der Waals surface area contributed by atoms with Gasteiger partial charge in [-0.1, -0.05) is 41.9 Å². The number of likely N-dealkylation sites (N-methyl/N-ethyl adjacent to an activating group) is 1. The molecule has 150 valence electrons. The first-order chi connectivity index (χ1) is 13.6. The van der Waals surface area contributed by atoms with E-state index in [0.29, 0.717) is 13.1 Å². The number of amides is 1. The van der Waals surface area contributed by atoms with Gasteiger partial charge in [0, 0.05) is 37.2 Å². The zero-order chi connectivity index (χ0) is 19.9. The minimum Gasteiger partial charge on any atom is -0.497 e. The van der Waals surface area contributed by atoms with Crippen molar-refractivity contribution in [3.05, 3.63) is 64.7 Å². The lowest BCUT2D eigenvalue weighted by Gasteiger charge is -2.23. The van der Waals surface area contributed by atoms with Gasteiger partial charge >= 0.3 is 0 Å². The highest BCUT2D eigenvalue weighted by Crippen LogP contribution is 2.25. The molecule has 0 saturated carbocycles. The number of ether oxygens (including phenoxy) is 1. The Balaban J connectivity index is 1.66. The fourth-order valence-corrected chi connectivity index (χ4v) is 3.88. The summed E-state index contributed by atoms with van der Waals surface area (Å²) in [7, 11) is 1.67. The van der Waals surface area contributed by atoms with Gasteiger partial charge in [-0.15, -0.1) is 0 Å². The summed E-state index contributed by atoms with van der Waals surface area (Å²) in [4.78, 5) is 14.8. The van der Waals surface area contributed by atoms with Crippen molar-refractivity contribution in [2.75, 3.05) is 20.2 Å². The Morgan fingerprint density at radius 3 is 2.82 bits per heavy atom. The molecular weight excluding hydrogens is 374 g/mol. The Kier molecular flexibility index (Phi) is 7.31. The first kappa shape index (κ1) is 20.6. The molecule has 28 heavy (non-hydrogen) atoms. The molecule has 1 aliphatic rings. The van der Waals surface area contributed by atoms with E-state index >= 15 is 0 Å². The molecule has 2 atom stereocenters. The molecule has 2 N–H and O–H groups in total. The number of likely N-dealkylation sites (tertiary alicyclic amines) is 1. The zero-order valence-corrected chi connectivity index (χ0v) is 17.2. The molecule has 0 aliphatic carbocycles. The topological polar surface area (TPSA) is 53.6 Å². The number of benzene rings is 2. The van der Waals surface area contributed by atoms with Crippen molar-refractivity contribution in [2.45, 2.75) is 38.5 Å². The van der Waals surface area contributed by atoms with Crippen LogP contribution in [0, 0.1) is 0 Å². The lowest BCUT2D eigenvalue weighted by atomic mass is 10.1. The number of carbonyl (C=O) groups excluding carboxylic acids is 1. The van der Waals surface area contributed by atoms with Gasteiger partial charge in [0.15, 0.2) is 0 Å². The third-order valence-electron chi connectivity index (χ3n) is 5.12. The van der Waals surface area contributed by atoms with Gasteiger partial charge in [-0.05, 0) is 42.7 Å². The van der Waals surface area contributed by atoms with Gasteiger partial charge in [-0.25, -0.2) is 0 Å². The van der Waals surface area contributed by atoms with Crippen molar-refractivity contribution >= 4 is 17.5 Å². The second kappa shape index (κ2) is 9.92. The summed E-state index contributed by atoms with van der Waals surface area (Å²) in [5, 5.41) is 7.31. The van der Waals surface area contributed by atoms with Gasteiger partial charge < -0.3 is 15.4 Å². The van der Waals surface area contributed by atoms with E-state index in [1.54, 1.807) is 7.11 Å². The van der Waals surface area contributed by atoms with Crippen molar-refractivity contribution in [3.8, 4) is 5.75 Å². The molecule has 0 aromatic heterocycles. The quantitative estimate of drug-likeness (QED) is 0.713. The van der Waals surface area contributed by atoms with E-state index in [1.165, 1.54) is 5.56 Å². The van der Waals surface area contributed by atoms with Crippen LogP contribution in [0.15, 0.2) is 48.5 Å². The van der Waals surface area contributed by atoms with E-state index in [9.17, 15) is 4.79 Å². The minimum absolute atomic E-state index is 0.0835. The average Bonchev–Trinajstić information content (AvgIpc) is 3.11. The number of halogens is 1. The Hall–Kier alpha value is -2.08. The van der Waals surface area contributed by atoms with Crippen molar-refractivity contribution in [2.24, 2.45) is 0 Å². The predicted molar refractivity (Wildman–Crippen MR) is 113 cm³/mol. The van der Waals surface area contributed by atoms with Crippen LogP contribution in [0.4, 0.5) is 0 Å². The number of nitrogens with one attached hydrogen (secondary N) is 2. The molecule has 3 rings (SSSR count). The van der Waals surface area contributed by atoms with Gasteiger partial charge in [0.1, 0.15) is 5.75 Å². The van der Waals surface area contributed by atoms with Crippen LogP contribution in [0.5, 0.6) is 5.75 Å². The van der Waals surface area contributed by atoms with Gasteiger partial charge in [0.25, 0.3) is 0 Å². The molecule has 2 aromatic carbocycles. The second-order valence-electron chi connectivity index (χ2n) is 7.10. The van der Waals surface area contributed by atoms with Crippen LogP contribution in [0.1, 0.15) is 24.5 Å². The molecule has 1 fully saturated rings. The van der Waals surface area contributed by atoms with Crippen molar-refractivity contribution < 1.29 is 9.53 Å². The molecule has 0 bridgehead atoms. The van der Waals surface area contributed by atoms with Gasteiger partial charge in [-0.2, -0.15) is 0 Å². The highest BCUT2D eigenvalue weighted by molar-refractivity contribution is 6.31. The van der Waals surface area contributed by atoms with E-state index in [-0.39, 0.29) is 18.0 Å². The molecular formula is C22H28ClN3O2. The Bertz CT molecular complexity index is 799. The summed E-state index contributed by atoms with van der Waals surface area (Å²) < 4.78 is 5.30. The molecule has 0 unspecified atom stereocenters. The summed E-state index contributed by atoms with van der Waals surface area (Å²) in [5.41, 5.74) is 2.21. The summed E-state index contributed by atoms with van der Waals surface area (Å²) in [6.45, 7) is 4.79. The Morgan fingerprint density at radius 1 is 1.25 bits per heavy atom. The summed E-state index contributed by atoms with van der Waals surface area (Å²) in [6, 6.07) is 16.0. The number of hydrogen-bond donors (Lipinski definition) is 2. The summed E-state index contributed by atoms with van der Waals surface area (Å²) in [6.07, 6.45) is 0.778. The van der Waals surface area contributed by atoms with Crippen LogP contribution >= 0.6 is 11.6 Å². The van der Waals surface area contributed by atoms with E-state index in [0.717, 1.165) is 35.8 Å². The van der Waals surface area contributed by atoms with E-state index in [2.05, 4.69) is 21.6 Å². The lowest BCUT2D eigenvalue weighted by molar-refractivity contribution is -0.125.